The van der Waals surface area contributed by atoms with Crippen molar-refractivity contribution in [1.29, 1.82) is 0 Å². The highest BCUT2D eigenvalue weighted by Crippen LogP contribution is 2.34. The molecule has 0 aliphatic carbocycles. The quantitative estimate of drug-likeness (QED) is 0.908. The van der Waals surface area contributed by atoms with Gasteiger partial charge in [0.2, 0.25) is 0 Å². The van der Waals surface area contributed by atoms with Crippen molar-refractivity contribution < 1.29 is 4.42 Å². The number of aryl methyl sites for hydroxylation is 1. The van der Waals surface area contributed by atoms with Gasteiger partial charge >= 0.3 is 0 Å². The maximum atomic E-state index is 5.79. The lowest BCUT2D eigenvalue weighted by Gasteiger charge is -2.10. The summed E-state index contributed by atoms with van der Waals surface area (Å²) in [5.41, 5.74) is 0. The summed E-state index contributed by atoms with van der Waals surface area (Å²) < 4.78 is 6.56. The Bertz CT molecular complexity index is 474. The molecule has 0 radical (unpaired) electrons. The molecule has 1 atom stereocenters. The fourth-order valence-electron chi connectivity index (χ4n) is 1.53. The van der Waals surface area contributed by atoms with Gasteiger partial charge in [-0.15, -0.1) is 11.3 Å². The van der Waals surface area contributed by atoms with E-state index < -0.39 is 0 Å². The number of nitrogens with one attached hydrogen (secondary N) is 1. The molecule has 0 aliphatic rings. The van der Waals surface area contributed by atoms with Gasteiger partial charge in [-0.1, -0.05) is 0 Å². The standard InChI is InChI=1S/C11H11BrClNOS/c1-6-7(12)5-9(16-6)11(14-2)8-3-4-10(13)15-8/h3-5,11,14H,1-2H3. The molecule has 16 heavy (non-hydrogen) atoms. The highest BCUT2D eigenvalue weighted by molar-refractivity contribution is 9.10. The zero-order chi connectivity index (χ0) is 11.7. The van der Waals surface area contributed by atoms with Gasteiger partial charge in [-0.2, -0.15) is 0 Å². The predicted molar refractivity (Wildman–Crippen MR) is 71.4 cm³/mol. The van der Waals surface area contributed by atoms with Crippen molar-refractivity contribution in [3.05, 3.63) is 43.4 Å². The maximum Gasteiger partial charge on any atom is 0.193 e. The minimum atomic E-state index is 0.0579. The number of furan rings is 1. The van der Waals surface area contributed by atoms with Crippen LogP contribution in [0.1, 0.15) is 21.6 Å². The molecule has 2 nitrogen and oxygen atoms in total. The molecule has 0 saturated carbocycles. The summed E-state index contributed by atoms with van der Waals surface area (Å²) in [5, 5.41) is 3.64. The molecule has 0 fully saturated rings. The third kappa shape index (κ3) is 2.35. The Morgan fingerprint density at radius 2 is 2.25 bits per heavy atom. The summed E-state index contributed by atoms with van der Waals surface area (Å²) in [4.78, 5) is 2.46. The summed E-state index contributed by atoms with van der Waals surface area (Å²) in [7, 11) is 1.91. The van der Waals surface area contributed by atoms with Gasteiger partial charge in [-0.3, -0.25) is 0 Å². The minimum absolute atomic E-state index is 0.0579. The van der Waals surface area contributed by atoms with E-state index in [0.29, 0.717) is 5.22 Å². The van der Waals surface area contributed by atoms with Crippen LogP contribution >= 0.6 is 38.9 Å². The van der Waals surface area contributed by atoms with E-state index >= 15 is 0 Å². The Balaban J connectivity index is 2.36. The summed E-state index contributed by atoms with van der Waals surface area (Å²) in [6, 6.07) is 5.82. The molecule has 2 aromatic heterocycles. The van der Waals surface area contributed by atoms with Crippen molar-refractivity contribution in [2.45, 2.75) is 13.0 Å². The predicted octanol–water partition coefficient (Wildman–Crippen LogP) is 4.37. The Labute approximate surface area is 112 Å². The van der Waals surface area contributed by atoms with Gasteiger partial charge in [-0.25, -0.2) is 0 Å². The average Bonchev–Trinajstić information content (AvgIpc) is 2.77. The van der Waals surface area contributed by atoms with Gasteiger partial charge in [0.05, 0.1) is 0 Å². The van der Waals surface area contributed by atoms with E-state index in [1.165, 1.54) is 9.75 Å². The van der Waals surface area contributed by atoms with E-state index in [0.717, 1.165) is 10.2 Å². The van der Waals surface area contributed by atoms with Gasteiger partial charge in [0.15, 0.2) is 5.22 Å². The lowest BCUT2D eigenvalue weighted by Crippen LogP contribution is -2.15. The summed E-state index contributed by atoms with van der Waals surface area (Å²) in [5.74, 6) is 0.834. The summed E-state index contributed by atoms with van der Waals surface area (Å²) in [6.07, 6.45) is 0. The largest absolute Gasteiger partial charge is 0.448 e. The highest BCUT2D eigenvalue weighted by atomic mass is 79.9. The summed E-state index contributed by atoms with van der Waals surface area (Å²) in [6.45, 7) is 2.08. The van der Waals surface area contributed by atoms with Crippen LogP contribution in [0.5, 0.6) is 0 Å². The van der Waals surface area contributed by atoms with Crippen LogP contribution in [0, 0.1) is 6.92 Å². The molecule has 1 unspecified atom stereocenters. The molecule has 1 N–H and O–H groups in total. The van der Waals surface area contributed by atoms with Crippen LogP contribution in [0.3, 0.4) is 0 Å². The van der Waals surface area contributed by atoms with E-state index in [1.54, 1.807) is 17.4 Å². The Morgan fingerprint density at radius 3 is 2.69 bits per heavy atom. The van der Waals surface area contributed by atoms with Crippen molar-refractivity contribution in [3.8, 4) is 0 Å². The van der Waals surface area contributed by atoms with Gasteiger partial charge in [0.1, 0.15) is 11.8 Å². The van der Waals surface area contributed by atoms with Crippen LogP contribution in [-0.4, -0.2) is 7.05 Å². The lowest BCUT2D eigenvalue weighted by molar-refractivity contribution is 0.468. The zero-order valence-electron chi connectivity index (χ0n) is 8.88. The first-order valence-corrected chi connectivity index (χ1v) is 6.79. The van der Waals surface area contributed by atoms with Gasteiger partial charge in [0, 0.05) is 14.2 Å². The third-order valence-electron chi connectivity index (χ3n) is 2.33. The molecule has 0 amide bonds. The number of halogens is 2. The van der Waals surface area contributed by atoms with E-state index in [2.05, 4.69) is 34.2 Å². The number of hydrogen-bond donors (Lipinski definition) is 1. The van der Waals surface area contributed by atoms with Gasteiger partial charge in [0.25, 0.3) is 0 Å². The molecule has 2 heterocycles. The Kier molecular flexibility index (Phi) is 3.74. The molecule has 0 saturated heterocycles. The molecule has 0 bridgehead atoms. The maximum absolute atomic E-state index is 5.79. The highest BCUT2D eigenvalue weighted by Gasteiger charge is 2.18. The van der Waals surface area contributed by atoms with Crippen LogP contribution < -0.4 is 5.32 Å². The second-order valence-electron chi connectivity index (χ2n) is 3.42. The van der Waals surface area contributed by atoms with Crippen LogP contribution in [0.4, 0.5) is 0 Å². The third-order valence-corrected chi connectivity index (χ3v) is 4.73. The first-order valence-electron chi connectivity index (χ1n) is 4.80. The molecular formula is C11H11BrClNOS. The normalized spacial score (nSPS) is 13.0. The first-order chi connectivity index (χ1) is 7.61. The first kappa shape index (κ1) is 12.2. The van der Waals surface area contributed by atoms with E-state index in [9.17, 15) is 0 Å². The molecular weight excluding hydrogens is 310 g/mol. The van der Waals surface area contributed by atoms with E-state index in [-0.39, 0.29) is 6.04 Å². The molecule has 2 aromatic rings. The van der Waals surface area contributed by atoms with Crippen molar-refractivity contribution in [2.24, 2.45) is 0 Å². The molecule has 0 spiro atoms. The van der Waals surface area contributed by atoms with Crippen molar-refractivity contribution in [3.63, 3.8) is 0 Å². The van der Waals surface area contributed by atoms with Crippen molar-refractivity contribution in [1.82, 2.24) is 5.32 Å². The lowest BCUT2D eigenvalue weighted by atomic mass is 10.2. The van der Waals surface area contributed by atoms with E-state index in [1.807, 2.05) is 13.1 Å². The smallest absolute Gasteiger partial charge is 0.193 e. The molecule has 0 aliphatic heterocycles. The average molecular weight is 321 g/mol. The zero-order valence-corrected chi connectivity index (χ0v) is 12.0. The topological polar surface area (TPSA) is 25.2 Å². The van der Waals surface area contributed by atoms with Crippen LogP contribution in [0.2, 0.25) is 5.22 Å². The number of thiophene rings is 1. The number of hydrogen-bond acceptors (Lipinski definition) is 3. The Morgan fingerprint density at radius 1 is 1.50 bits per heavy atom. The van der Waals surface area contributed by atoms with Crippen molar-refractivity contribution in [2.75, 3.05) is 7.05 Å². The fraction of sp³-hybridized carbons (Fsp3) is 0.273. The van der Waals surface area contributed by atoms with Crippen LogP contribution in [-0.2, 0) is 0 Å². The SMILES string of the molecule is CNC(c1ccc(Cl)o1)c1cc(Br)c(C)s1. The van der Waals surface area contributed by atoms with Gasteiger partial charge in [-0.05, 0) is 59.7 Å². The number of rotatable bonds is 3. The molecule has 0 aromatic carbocycles. The van der Waals surface area contributed by atoms with Crippen LogP contribution in [0.15, 0.2) is 27.1 Å². The monoisotopic (exact) mass is 319 g/mol. The minimum Gasteiger partial charge on any atom is -0.448 e. The molecule has 86 valence electrons. The van der Waals surface area contributed by atoms with Gasteiger partial charge < -0.3 is 9.73 Å². The second-order valence-corrected chi connectivity index (χ2v) is 5.93. The van der Waals surface area contributed by atoms with Crippen molar-refractivity contribution >= 4 is 38.9 Å². The van der Waals surface area contributed by atoms with Crippen LogP contribution in [0.25, 0.3) is 0 Å². The second kappa shape index (κ2) is 4.92. The van der Waals surface area contributed by atoms with E-state index in [4.69, 9.17) is 16.0 Å². The Hall–Kier alpha value is -0.290. The molecule has 2 rings (SSSR count). The molecule has 5 heteroatoms. The fourth-order valence-corrected chi connectivity index (χ4v) is 3.36. The summed E-state index contributed by atoms with van der Waals surface area (Å²) >= 11 is 11.0.